The van der Waals surface area contributed by atoms with E-state index in [1.165, 1.54) is 0 Å². The Morgan fingerprint density at radius 1 is 1.35 bits per heavy atom. The van der Waals surface area contributed by atoms with Crippen LogP contribution in [-0.2, 0) is 35.6 Å². The van der Waals surface area contributed by atoms with Crippen molar-refractivity contribution in [3.8, 4) is 0 Å². The molecule has 9 heteroatoms. The molecule has 26 heavy (non-hydrogen) atoms. The molecule has 1 N–H and O–H groups in total. The van der Waals surface area contributed by atoms with E-state index in [0.29, 0.717) is 24.7 Å². The lowest BCUT2D eigenvalue weighted by Gasteiger charge is -2.16. The molecule has 0 radical (unpaired) electrons. The second-order valence-corrected chi connectivity index (χ2v) is 6.86. The van der Waals surface area contributed by atoms with E-state index in [1.54, 1.807) is 0 Å². The predicted molar refractivity (Wildman–Crippen MR) is 89.1 cm³/mol. The van der Waals surface area contributed by atoms with Crippen molar-refractivity contribution >= 4 is 5.97 Å². The number of carboxylic acids is 1. The predicted octanol–water partition coefficient (Wildman–Crippen LogP) is 1.54. The lowest BCUT2D eigenvalue weighted by molar-refractivity contribution is -0.136. The molecular weight excluding hydrogens is 338 g/mol. The third-order valence-corrected chi connectivity index (χ3v) is 4.79. The van der Waals surface area contributed by atoms with Crippen molar-refractivity contribution in [2.45, 2.75) is 57.8 Å². The Hall–Kier alpha value is -2.26. The molecule has 140 valence electrons. The van der Waals surface area contributed by atoms with Gasteiger partial charge in [0.2, 0.25) is 0 Å². The molecule has 0 saturated carbocycles. The summed E-state index contributed by atoms with van der Waals surface area (Å²) in [5.74, 6) is 0.455. The van der Waals surface area contributed by atoms with Crippen molar-refractivity contribution in [2.24, 2.45) is 0 Å². The summed E-state index contributed by atoms with van der Waals surface area (Å²) in [5, 5.41) is 17.5. The van der Waals surface area contributed by atoms with Gasteiger partial charge in [-0.25, -0.2) is 0 Å². The van der Waals surface area contributed by atoms with Crippen LogP contribution in [0.25, 0.3) is 0 Å². The number of aryl methyl sites for hydroxylation is 2. The summed E-state index contributed by atoms with van der Waals surface area (Å²) >= 11 is 0. The van der Waals surface area contributed by atoms with Crippen LogP contribution in [0.3, 0.4) is 0 Å². The Bertz CT molecular complexity index is 765. The normalized spacial score (nSPS) is 20.8. The van der Waals surface area contributed by atoms with Crippen LogP contribution in [0.5, 0.6) is 0 Å². The largest absolute Gasteiger partial charge is 0.481 e. The number of carbonyl (C=O) groups is 1. The molecule has 4 heterocycles. The van der Waals surface area contributed by atoms with Crippen LogP contribution >= 0.6 is 0 Å². The van der Waals surface area contributed by atoms with E-state index < -0.39 is 5.97 Å². The summed E-state index contributed by atoms with van der Waals surface area (Å²) < 4.78 is 12.9. The molecule has 1 atom stereocenters. The highest BCUT2D eigenvalue weighted by Gasteiger charge is 2.25. The second-order valence-electron chi connectivity index (χ2n) is 6.86. The van der Waals surface area contributed by atoms with Gasteiger partial charge in [-0.3, -0.25) is 14.4 Å². The summed E-state index contributed by atoms with van der Waals surface area (Å²) in [6.07, 6.45) is 3.45. The smallest absolute Gasteiger partial charge is 0.303 e. The van der Waals surface area contributed by atoms with Gasteiger partial charge in [-0.1, -0.05) is 5.16 Å². The first-order chi connectivity index (χ1) is 12.7. The van der Waals surface area contributed by atoms with Crippen LogP contribution < -0.4 is 0 Å². The molecule has 4 rings (SSSR count). The molecule has 1 unspecified atom stereocenters. The zero-order chi connectivity index (χ0) is 17.9. The maximum absolute atomic E-state index is 10.7. The third kappa shape index (κ3) is 3.94. The maximum Gasteiger partial charge on any atom is 0.303 e. The van der Waals surface area contributed by atoms with Gasteiger partial charge < -0.3 is 14.4 Å². The van der Waals surface area contributed by atoms with Gasteiger partial charge in [0.05, 0.1) is 24.4 Å². The van der Waals surface area contributed by atoms with E-state index in [0.717, 1.165) is 56.9 Å². The quantitative estimate of drug-likeness (QED) is 0.826. The number of nitrogens with zero attached hydrogens (tertiary/aromatic N) is 5. The van der Waals surface area contributed by atoms with Crippen LogP contribution in [0.4, 0.5) is 0 Å². The number of fused-ring (bicyclic) bond motifs is 1. The molecule has 0 bridgehead atoms. The first kappa shape index (κ1) is 17.2. The molecule has 2 aromatic rings. The average Bonchev–Trinajstić information content (AvgIpc) is 3.33. The standard InChI is InChI=1S/C17H23N5O4/c23-16(24)5-4-12-9-13-10-21(6-2-7-22(13)19-12)11-15-18-17(26-20-15)14-3-1-8-25-14/h9,14H,1-8,10-11H2,(H,23,24). The number of hydrogen-bond donors (Lipinski definition) is 1. The Kier molecular flexibility index (Phi) is 4.98. The Labute approximate surface area is 150 Å². The Morgan fingerprint density at radius 3 is 3.08 bits per heavy atom. The van der Waals surface area contributed by atoms with Crippen LogP contribution in [-0.4, -0.2) is 49.0 Å². The minimum atomic E-state index is -0.797. The number of rotatable bonds is 6. The topological polar surface area (TPSA) is 107 Å². The zero-order valence-corrected chi connectivity index (χ0v) is 14.6. The molecule has 1 fully saturated rings. The fourth-order valence-corrected chi connectivity index (χ4v) is 3.52. The number of carboxylic acid groups (broad SMARTS) is 1. The highest BCUT2D eigenvalue weighted by molar-refractivity contribution is 5.66. The van der Waals surface area contributed by atoms with E-state index in [4.69, 9.17) is 14.4 Å². The van der Waals surface area contributed by atoms with Crippen molar-refractivity contribution in [2.75, 3.05) is 13.2 Å². The monoisotopic (exact) mass is 361 g/mol. The average molecular weight is 361 g/mol. The molecule has 2 aliphatic heterocycles. The Balaban J connectivity index is 1.39. The highest BCUT2D eigenvalue weighted by atomic mass is 16.5. The summed E-state index contributed by atoms with van der Waals surface area (Å²) in [5.41, 5.74) is 1.94. The molecule has 2 aliphatic rings. The fourth-order valence-electron chi connectivity index (χ4n) is 3.52. The van der Waals surface area contributed by atoms with Gasteiger partial charge in [0, 0.05) is 32.7 Å². The third-order valence-electron chi connectivity index (χ3n) is 4.79. The van der Waals surface area contributed by atoms with Gasteiger partial charge in [-0.15, -0.1) is 0 Å². The van der Waals surface area contributed by atoms with Gasteiger partial charge in [-0.2, -0.15) is 10.1 Å². The summed E-state index contributed by atoms with van der Waals surface area (Å²) in [7, 11) is 0. The van der Waals surface area contributed by atoms with Gasteiger partial charge in [0.15, 0.2) is 5.82 Å². The van der Waals surface area contributed by atoms with Crippen LogP contribution in [0, 0.1) is 0 Å². The van der Waals surface area contributed by atoms with Crippen molar-refractivity contribution in [1.82, 2.24) is 24.8 Å². The van der Waals surface area contributed by atoms with E-state index in [9.17, 15) is 4.79 Å². The molecule has 2 aromatic heterocycles. The van der Waals surface area contributed by atoms with Crippen LogP contribution in [0.1, 0.15) is 54.9 Å². The maximum atomic E-state index is 10.7. The number of hydrogen-bond acceptors (Lipinski definition) is 7. The SMILES string of the molecule is O=C(O)CCc1cc2n(n1)CCCN(Cc1noc(C3CCCO3)n1)C2. The summed E-state index contributed by atoms with van der Waals surface area (Å²) in [6.45, 7) is 3.88. The summed E-state index contributed by atoms with van der Waals surface area (Å²) in [4.78, 5) is 17.5. The van der Waals surface area contributed by atoms with Gasteiger partial charge >= 0.3 is 5.97 Å². The number of aliphatic carboxylic acids is 1. The zero-order valence-electron chi connectivity index (χ0n) is 14.6. The van der Waals surface area contributed by atoms with Crippen molar-refractivity contribution in [1.29, 1.82) is 0 Å². The first-order valence-corrected chi connectivity index (χ1v) is 9.11. The minimum Gasteiger partial charge on any atom is -0.481 e. The van der Waals surface area contributed by atoms with Crippen molar-refractivity contribution < 1.29 is 19.2 Å². The van der Waals surface area contributed by atoms with Crippen LogP contribution in [0.15, 0.2) is 10.6 Å². The highest BCUT2D eigenvalue weighted by Crippen LogP contribution is 2.27. The lowest BCUT2D eigenvalue weighted by atomic mass is 10.2. The molecule has 9 nitrogen and oxygen atoms in total. The van der Waals surface area contributed by atoms with Gasteiger partial charge in [-0.05, 0) is 25.3 Å². The van der Waals surface area contributed by atoms with E-state index in [-0.39, 0.29) is 12.5 Å². The number of aromatic nitrogens is 4. The van der Waals surface area contributed by atoms with E-state index >= 15 is 0 Å². The minimum absolute atomic E-state index is 0.0568. The fraction of sp³-hybridized carbons (Fsp3) is 0.647. The molecular formula is C17H23N5O4. The first-order valence-electron chi connectivity index (χ1n) is 9.11. The van der Waals surface area contributed by atoms with Crippen molar-refractivity contribution in [3.63, 3.8) is 0 Å². The van der Waals surface area contributed by atoms with Gasteiger partial charge in [0.25, 0.3) is 5.89 Å². The molecule has 0 aromatic carbocycles. The van der Waals surface area contributed by atoms with Crippen LogP contribution in [0.2, 0.25) is 0 Å². The van der Waals surface area contributed by atoms with Gasteiger partial charge in [0.1, 0.15) is 6.10 Å². The molecule has 0 aliphatic carbocycles. The molecule has 1 saturated heterocycles. The Morgan fingerprint density at radius 2 is 2.27 bits per heavy atom. The molecule has 0 amide bonds. The summed E-state index contributed by atoms with van der Waals surface area (Å²) in [6, 6.07) is 2.01. The van der Waals surface area contributed by atoms with E-state index in [2.05, 4.69) is 20.1 Å². The molecule has 0 spiro atoms. The second kappa shape index (κ2) is 7.55. The lowest BCUT2D eigenvalue weighted by Crippen LogP contribution is -2.23. The number of ether oxygens (including phenoxy) is 1. The van der Waals surface area contributed by atoms with E-state index in [1.807, 2.05) is 10.7 Å². The van der Waals surface area contributed by atoms with Crippen molar-refractivity contribution in [3.05, 3.63) is 29.2 Å².